The number of hydrogen-bond acceptors (Lipinski definition) is 6. The molecule has 1 aliphatic heterocycles. The third-order valence-electron chi connectivity index (χ3n) is 2.90. The van der Waals surface area contributed by atoms with Gasteiger partial charge in [0.25, 0.3) is 5.91 Å². The topological polar surface area (TPSA) is 101 Å². The lowest BCUT2D eigenvalue weighted by atomic mass is 10.1. The second-order valence-corrected chi connectivity index (χ2v) is 5.00. The number of hydrogen-bond donors (Lipinski definition) is 1. The molecule has 2 aromatic heterocycles. The molecule has 1 N–H and O–H groups in total. The number of carbonyl (C=O) groups is 2. The van der Waals surface area contributed by atoms with Crippen LogP contribution < -0.4 is 0 Å². The molecule has 0 aliphatic carbocycles. The molecule has 19 heavy (non-hydrogen) atoms. The molecule has 8 nitrogen and oxygen atoms in total. The van der Waals surface area contributed by atoms with E-state index in [1.54, 1.807) is 16.6 Å². The van der Waals surface area contributed by atoms with Gasteiger partial charge in [-0.15, -0.1) is 16.4 Å². The molecular weight excluding hydrogens is 270 g/mol. The Labute approximate surface area is 111 Å². The van der Waals surface area contributed by atoms with Gasteiger partial charge in [0, 0.05) is 13.1 Å². The molecule has 1 fully saturated rings. The van der Waals surface area contributed by atoms with Gasteiger partial charge in [-0.1, -0.05) is 5.21 Å². The minimum Gasteiger partial charge on any atom is -0.476 e. The van der Waals surface area contributed by atoms with Crippen LogP contribution in [0, 0.1) is 0 Å². The highest BCUT2D eigenvalue weighted by molar-refractivity contribution is 7.11. The van der Waals surface area contributed by atoms with Gasteiger partial charge in [0.15, 0.2) is 5.69 Å². The van der Waals surface area contributed by atoms with Crippen LogP contribution in [0.25, 0.3) is 0 Å². The van der Waals surface area contributed by atoms with Gasteiger partial charge in [0.2, 0.25) is 0 Å². The number of aromatic nitrogens is 4. The molecule has 2 aromatic rings. The predicted octanol–water partition coefficient (Wildman–Crippen LogP) is 0.130. The fourth-order valence-electron chi connectivity index (χ4n) is 1.82. The normalized spacial score (nSPS) is 15.3. The Morgan fingerprint density at radius 2 is 2.21 bits per heavy atom. The summed E-state index contributed by atoms with van der Waals surface area (Å²) in [5.74, 6) is -1.17. The molecule has 0 radical (unpaired) electrons. The summed E-state index contributed by atoms with van der Waals surface area (Å²) in [5, 5.41) is 16.0. The Morgan fingerprint density at radius 3 is 2.79 bits per heavy atom. The number of nitrogens with zero attached hydrogens (tertiary/aromatic N) is 5. The van der Waals surface area contributed by atoms with Crippen LogP contribution in [-0.4, -0.2) is 55.0 Å². The van der Waals surface area contributed by atoms with E-state index < -0.39 is 5.97 Å². The maximum absolute atomic E-state index is 11.9. The fourth-order valence-corrected chi connectivity index (χ4v) is 2.41. The van der Waals surface area contributed by atoms with E-state index in [2.05, 4.69) is 15.3 Å². The van der Waals surface area contributed by atoms with Gasteiger partial charge in [0.1, 0.15) is 4.88 Å². The van der Waals surface area contributed by atoms with Crippen molar-refractivity contribution >= 4 is 23.2 Å². The molecule has 1 saturated heterocycles. The first kappa shape index (κ1) is 11.8. The first-order valence-electron chi connectivity index (χ1n) is 5.48. The summed E-state index contributed by atoms with van der Waals surface area (Å²) in [6, 6.07) is -0.0162. The van der Waals surface area contributed by atoms with Crippen molar-refractivity contribution in [2.24, 2.45) is 0 Å². The van der Waals surface area contributed by atoms with E-state index >= 15 is 0 Å². The van der Waals surface area contributed by atoms with Crippen LogP contribution in [0.3, 0.4) is 0 Å². The average molecular weight is 279 g/mol. The zero-order chi connectivity index (χ0) is 13.4. The number of carbonyl (C=O) groups excluding carboxylic acids is 1. The maximum atomic E-state index is 11.9. The van der Waals surface area contributed by atoms with Crippen molar-refractivity contribution in [2.75, 3.05) is 13.1 Å². The summed E-state index contributed by atoms with van der Waals surface area (Å²) in [6.45, 7) is 0.998. The first-order chi connectivity index (χ1) is 9.15. The van der Waals surface area contributed by atoms with Crippen molar-refractivity contribution in [1.29, 1.82) is 0 Å². The van der Waals surface area contributed by atoms with Crippen LogP contribution in [0.2, 0.25) is 0 Å². The molecule has 0 spiro atoms. The van der Waals surface area contributed by atoms with Crippen molar-refractivity contribution in [2.45, 2.75) is 6.04 Å². The lowest BCUT2D eigenvalue weighted by Gasteiger charge is -2.38. The van der Waals surface area contributed by atoms with Gasteiger partial charge in [0.05, 0.1) is 23.9 Å². The van der Waals surface area contributed by atoms with E-state index in [0.29, 0.717) is 18.0 Å². The molecule has 1 aliphatic rings. The number of rotatable bonds is 3. The van der Waals surface area contributed by atoms with Gasteiger partial charge in [-0.05, 0) is 0 Å². The lowest BCUT2D eigenvalue weighted by molar-refractivity contribution is 0.0502. The van der Waals surface area contributed by atoms with Gasteiger partial charge >= 0.3 is 5.97 Å². The molecule has 0 saturated carbocycles. The van der Waals surface area contributed by atoms with E-state index in [1.165, 1.54) is 22.2 Å². The van der Waals surface area contributed by atoms with E-state index in [-0.39, 0.29) is 17.6 Å². The van der Waals surface area contributed by atoms with Crippen molar-refractivity contribution in [1.82, 2.24) is 24.9 Å². The van der Waals surface area contributed by atoms with Crippen LogP contribution in [0.1, 0.15) is 26.2 Å². The third kappa shape index (κ3) is 2.08. The minimum absolute atomic E-state index is 0.0162. The van der Waals surface area contributed by atoms with Gasteiger partial charge in [-0.3, -0.25) is 9.78 Å². The van der Waals surface area contributed by atoms with Gasteiger partial charge < -0.3 is 10.0 Å². The average Bonchev–Trinajstić information content (AvgIpc) is 2.98. The Balaban J connectivity index is 1.63. The van der Waals surface area contributed by atoms with Crippen molar-refractivity contribution in [3.05, 3.63) is 28.5 Å². The maximum Gasteiger partial charge on any atom is 0.358 e. The molecular formula is C10H9N5O3S. The SMILES string of the molecule is O=C(O)c1cn(C2CN(C(=O)c3cncs3)C2)nn1. The summed E-state index contributed by atoms with van der Waals surface area (Å²) in [6.07, 6.45) is 2.92. The van der Waals surface area contributed by atoms with E-state index in [4.69, 9.17) is 5.11 Å². The molecule has 1 amide bonds. The predicted molar refractivity (Wildman–Crippen MR) is 64.0 cm³/mol. The summed E-state index contributed by atoms with van der Waals surface area (Å²) >= 11 is 1.30. The standard InChI is InChI=1S/C10H9N5O3S/c16-9(8-1-11-5-19-8)14-2-6(3-14)15-4-7(10(17)18)12-13-15/h1,4-6H,2-3H2,(H,17,18). The monoisotopic (exact) mass is 279 g/mol. The summed E-state index contributed by atoms with van der Waals surface area (Å²) < 4.78 is 1.49. The highest BCUT2D eigenvalue weighted by atomic mass is 32.1. The first-order valence-corrected chi connectivity index (χ1v) is 6.36. The number of carboxylic acid groups (broad SMARTS) is 1. The molecule has 0 bridgehead atoms. The highest BCUT2D eigenvalue weighted by Gasteiger charge is 2.34. The highest BCUT2D eigenvalue weighted by Crippen LogP contribution is 2.23. The molecule has 98 valence electrons. The molecule has 9 heteroatoms. The Kier molecular flexibility index (Phi) is 2.75. The Morgan fingerprint density at radius 1 is 1.42 bits per heavy atom. The smallest absolute Gasteiger partial charge is 0.358 e. The van der Waals surface area contributed by atoms with E-state index in [0.717, 1.165) is 0 Å². The fraction of sp³-hybridized carbons (Fsp3) is 0.300. The van der Waals surface area contributed by atoms with Gasteiger partial charge in [-0.25, -0.2) is 9.48 Å². The largest absolute Gasteiger partial charge is 0.476 e. The summed E-state index contributed by atoms with van der Waals surface area (Å²) in [4.78, 5) is 28.7. The third-order valence-corrected chi connectivity index (χ3v) is 3.66. The Hall–Kier alpha value is -2.29. The molecule has 0 atom stereocenters. The quantitative estimate of drug-likeness (QED) is 0.857. The molecule has 3 rings (SSSR count). The number of amides is 1. The Bertz CT molecular complexity index is 617. The summed E-state index contributed by atoms with van der Waals surface area (Å²) in [7, 11) is 0. The number of likely N-dealkylation sites (tertiary alicyclic amines) is 1. The number of aromatic carboxylic acids is 1. The van der Waals surface area contributed by atoms with E-state index in [9.17, 15) is 9.59 Å². The molecule has 0 unspecified atom stereocenters. The lowest BCUT2D eigenvalue weighted by Crippen LogP contribution is -2.50. The minimum atomic E-state index is -1.11. The van der Waals surface area contributed by atoms with Crippen LogP contribution in [-0.2, 0) is 0 Å². The number of thiazole rings is 1. The van der Waals surface area contributed by atoms with Crippen molar-refractivity contribution in [3.63, 3.8) is 0 Å². The van der Waals surface area contributed by atoms with Crippen molar-refractivity contribution < 1.29 is 14.7 Å². The van der Waals surface area contributed by atoms with E-state index in [1.807, 2.05) is 0 Å². The van der Waals surface area contributed by atoms with Crippen LogP contribution in [0.5, 0.6) is 0 Å². The zero-order valence-electron chi connectivity index (χ0n) is 9.63. The summed E-state index contributed by atoms with van der Waals surface area (Å²) in [5.41, 5.74) is 1.52. The second-order valence-electron chi connectivity index (χ2n) is 4.12. The molecule has 3 heterocycles. The van der Waals surface area contributed by atoms with Gasteiger partial charge in [-0.2, -0.15) is 0 Å². The number of carboxylic acids is 1. The molecule has 0 aromatic carbocycles. The zero-order valence-corrected chi connectivity index (χ0v) is 10.4. The second kappa shape index (κ2) is 4.43. The van der Waals surface area contributed by atoms with Crippen LogP contribution in [0.4, 0.5) is 0 Å². The van der Waals surface area contributed by atoms with Crippen LogP contribution >= 0.6 is 11.3 Å². The van der Waals surface area contributed by atoms with Crippen molar-refractivity contribution in [3.8, 4) is 0 Å². The van der Waals surface area contributed by atoms with Crippen LogP contribution in [0.15, 0.2) is 17.9 Å².